The number of fused-ring (bicyclic) bond motifs is 1. The molecule has 0 bridgehead atoms. The number of carbonyl (C=O) groups excluding carboxylic acids is 1. The standard InChI is InChI=1S/C18H20N4O3/c1-3-25-18(24)14-11-19-16-15(10-9-12(2)22(16)17(14)23)21-20-13-7-5-4-6-8-13/h4-8,11-12,20H,3,9-10H2,1-2H3/b21-15-. The van der Waals surface area contributed by atoms with Gasteiger partial charge in [-0.1, -0.05) is 18.2 Å². The Morgan fingerprint density at radius 1 is 1.40 bits per heavy atom. The Labute approximate surface area is 145 Å². The Kier molecular flexibility index (Phi) is 4.92. The zero-order chi connectivity index (χ0) is 17.8. The quantitative estimate of drug-likeness (QED) is 0.683. The maximum Gasteiger partial charge on any atom is 0.345 e. The fraction of sp³-hybridized carbons (Fsp3) is 0.333. The lowest BCUT2D eigenvalue weighted by Crippen LogP contribution is -2.37. The molecule has 0 aliphatic carbocycles. The van der Waals surface area contributed by atoms with Crippen molar-refractivity contribution in [3.8, 4) is 0 Å². The molecule has 1 N–H and O–H groups in total. The van der Waals surface area contributed by atoms with Crippen LogP contribution in [0.2, 0.25) is 0 Å². The Morgan fingerprint density at radius 3 is 2.88 bits per heavy atom. The van der Waals surface area contributed by atoms with Crippen LogP contribution in [0.5, 0.6) is 0 Å². The van der Waals surface area contributed by atoms with E-state index in [0.717, 1.165) is 12.1 Å². The summed E-state index contributed by atoms with van der Waals surface area (Å²) in [5.41, 5.74) is 4.10. The highest BCUT2D eigenvalue weighted by Crippen LogP contribution is 2.22. The van der Waals surface area contributed by atoms with Gasteiger partial charge in [0.1, 0.15) is 11.3 Å². The van der Waals surface area contributed by atoms with Gasteiger partial charge < -0.3 is 4.74 Å². The first-order valence-corrected chi connectivity index (χ1v) is 8.28. The molecule has 1 aromatic carbocycles. The van der Waals surface area contributed by atoms with Gasteiger partial charge in [-0.05, 0) is 38.8 Å². The second-order valence-electron chi connectivity index (χ2n) is 5.82. The highest BCUT2D eigenvalue weighted by atomic mass is 16.5. The van der Waals surface area contributed by atoms with Gasteiger partial charge >= 0.3 is 5.97 Å². The van der Waals surface area contributed by atoms with E-state index in [9.17, 15) is 9.59 Å². The van der Waals surface area contributed by atoms with Gasteiger partial charge in [-0.3, -0.25) is 14.8 Å². The molecule has 1 atom stereocenters. The summed E-state index contributed by atoms with van der Waals surface area (Å²) in [7, 11) is 0. The van der Waals surface area contributed by atoms with E-state index in [-0.39, 0.29) is 23.8 Å². The number of para-hydroxylation sites is 1. The minimum Gasteiger partial charge on any atom is -0.462 e. The van der Waals surface area contributed by atoms with E-state index in [2.05, 4.69) is 15.5 Å². The van der Waals surface area contributed by atoms with E-state index in [1.54, 1.807) is 6.92 Å². The molecule has 25 heavy (non-hydrogen) atoms. The predicted octanol–water partition coefficient (Wildman–Crippen LogP) is 2.59. The Morgan fingerprint density at radius 2 is 2.16 bits per heavy atom. The number of anilines is 1. The molecular weight excluding hydrogens is 320 g/mol. The fourth-order valence-electron chi connectivity index (χ4n) is 2.78. The van der Waals surface area contributed by atoms with E-state index in [4.69, 9.17) is 4.74 Å². The molecule has 3 rings (SSSR count). The van der Waals surface area contributed by atoms with Gasteiger partial charge in [-0.25, -0.2) is 9.78 Å². The molecule has 130 valence electrons. The summed E-state index contributed by atoms with van der Waals surface area (Å²) in [4.78, 5) is 29.0. The van der Waals surface area contributed by atoms with Crippen molar-refractivity contribution in [1.29, 1.82) is 0 Å². The number of carbonyl (C=O) groups is 1. The maximum absolute atomic E-state index is 12.7. The maximum atomic E-state index is 12.7. The van der Waals surface area contributed by atoms with Gasteiger partial charge in [0.2, 0.25) is 0 Å². The lowest BCUT2D eigenvalue weighted by Gasteiger charge is -2.25. The minimum atomic E-state index is -0.644. The van der Waals surface area contributed by atoms with Crippen molar-refractivity contribution in [2.24, 2.45) is 5.10 Å². The van der Waals surface area contributed by atoms with E-state index < -0.39 is 5.97 Å². The zero-order valence-corrected chi connectivity index (χ0v) is 14.2. The first-order valence-electron chi connectivity index (χ1n) is 8.28. The molecule has 1 aliphatic rings. The number of benzene rings is 1. The summed E-state index contributed by atoms with van der Waals surface area (Å²) in [6, 6.07) is 9.50. The van der Waals surface area contributed by atoms with Crippen LogP contribution in [0.15, 0.2) is 46.4 Å². The third-order valence-corrected chi connectivity index (χ3v) is 4.08. The summed E-state index contributed by atoms with van der Waals surface area (Å²) in [5, 5.41) is 4.41. The lowest BCUT2D eigenvalue weighted by atomic mass is 10.0. The van der Waals surface area contributed by atoms with Gasteiger partial charge in [-0.2, -0.15) is 5.10 Å². The van der Waals surface area contributed by atoms with Crippen LogP contribution in [0.1, 0.15) is 48.9 Å². The summed E-state index contributed by atoms with van der Waals surface area (Å²) in [6.45, 7) is 3.84. The highest BCUT2D eigenvalue weighted by Gasteiger charge is 2.27. The van der Waals surface area contributed by atoms with Crippen molar-refractivity contribution < 1.29 is 9.53 Å². The molecule has 0 amide bonds. The number of hydrogen-bond donors (Lipinski definition) is 1. The molecule has 0 spiro atoms. The summed E-state index contributed by atoms with van der Waals surface area (Å²) in [6.07, 6.45) is 2.73. The molecule has 7 heteroatoms. The monoisotopic (exact) mass is 340 g/mol. The number of nitrogens with zero attached hydrogens (tertiary/aromatic N) is 3. The summed E-state index contributed by atoms with van der Waals surface area (Å²) in [5.74, 6) is -0.158. The van der Waals surface area contributed by atoms with Crippen LogP contribution in [0, 0.1) is 0 Å². The van der Waals surface area contributed by atoms with Gasteiger partial charge in [0.05, 0.1) is 12.3 Å². The van der Waals surface area contributed by atoms with Crippen LogP contribution in [0.25, 0.3) is 0 Å². The average Bonchev–Trinajstić information content (AvgIpc) is 2.62. The van der Waals surface area contributed by atoms with Gasteiger partial charge in [0, 0.05) is 12.2 Å². The van der Waals surface area contributed by atoms with Crippen LogP contribution < -0.4 is 11.0 Å². The second kappa shape index (κ2) is 7.29. The number of ether oxygens (including phenoxy) is 1. The topological polar surface area (TPSA) is 85.6 Å². The van der Waals surface area contributed by atoms with Crippen molar-refractivity contribution in [3.63, 3.8) is 0 Å². The van der Waals surface area contributed by atoms with Crippen molar-refractivity contribution in [2.45, 2.75) is 32.7 Å². The van der Waals surface area contributed by atoms with Gasteiger partial charge in [0.25, 0.3) is 5.56 Å². The molecule has 1 unspecified atom stereocenters. The summed E-state index contributed by atoms with van der Waals surface area (Å²) < 4.78 is 6.46. The molecule has 0 saturated carbocycles. The average molecular weight is 340 g/mol. The molecule has 7 nitrogen and oxygen atoms in total. The number of aromatic nitrogens is 2. The highest BCUT2D eigenvalue weighted by molar-refractivity contribution is 5.99. The Hall–Kier alpha value is -2.96. The second-order valence-corrected chi connectivity index (χ2v) is 5.82. The number of hydrazone groups is 1. The third-order valence-electron chi connectivity index (χ3n) is 4.08. The Bertz CT molecular complexity index is 858. The van der Waals surface area contributed by atoms with Crippen LogP contribution >= 0.6 is 0 Å². The number of nitrogens with one attached hydrogen (secondary N) is 1. The van der Waals surface area contributed by atoms with E-state index in [1.165, 1.54) is 10.8 Å². The fourth-order valence-corrected chi connectivity index (χ4v) is 2.78. The molecule has 0 saturated heterocycles. The first-order chi connectivity index (χ1) is 12.1. The number of hydrogen-bond acceptors (Lipinski definition) is 6. The third kappa shape index (κ3) is 3.45. The zero-order valence-electron chi connectivity index (χ0n) is 14.2. The van der Waals surface area contributed by atoms with Crippen molar-refractivity contribution in [3.05, 3.63) is 58.3 Å². The van der Waals surface area contributed by atoms with Gasteiger partial charge in [-0.15, -0.1) is 0 Å². The van der Waals surface area contributed by atoms with Gasteiger partial charge in [0.15, 0.2) is 5.82 Å². The smallest absolute Gasteiger partial charge is 0.345 e. The predicted molar refractivity (Wildman–Crippen MR) is 95.0 cm³/mol. The van der Waals surface area contributed by atoms with E-state index in [1.807, 2.05) is 37.3 Å². The SMILES string of the molecule is CCOC(=O)c1cnc2n(c1=O)C(C)CC/C2=N/Nc1ccccc1. The first kappa shape index (κ1) is 16.9. The summed E-state index contributed by atoms with van der Waals surface area (Å²) >= 11 is 0. The normalized spacial score (nSPS) is 17.8. The molecule has 1 aliphatic heterocycles. The van der Waals surface area contributed by atoms with E-state index in [0.29, 0.717) is 18.0 Å². The van der Waals surface area contributed by atoms with Crippen LogP contribution in [-0.4, -0.2) is 27.8 Å². The van der Waals surface area contributed by atoms with Crippen molar-refractivity contribution in [2.75, 3.05) is 12.0 Å². The largest absolute Gasteiger partial charge is 0.462 e. The van der Waals surface area contributed by atoms with Crippen molar-refractivity contribution in [1.82, 2.24) is 9.55 Å². The van der Waals surface area contributed by atoms with E-state index >= 15 is 0 Å². The lowest BCUT2D eigenvalue weighted by molar-refractivity contribution is 0.0522. The molecule has 2 aromatic rings. The van der Waals surface area contributed by atoms with Crippen molar-refractivity contribution >= 4 is 17.4 Å². The number of rotatable bonds is 4. The van der Waals surface area contributed by atoms with Crippen LogP contribution in [-0.2, 0) is 4.74 Å². The molecular formula is C18H20N4O3. The molecule has 2 heterocycles. The molecule has 0 fully saturated rings. The molecule has 1 aromatic heterocycles. The number of esters is 1. The minimum absolute atomic E-state index is 0.0466. The Balaban J connectivity index is 1.98. The van der Waals surface area contributed by atoms with Crippen LogP contribution in [0.3, 0.4) is 0 Å². The molecule has 0 radical (unpaired) electrons. The van der Waals surface area contributed by atoms with Crippen LogP contribution in [0.4, 0.5) is 5.69 Å².